The van der Waals surface area contributed by atoms with Crippen LogP contribution in [-0.2, 0) is 16.3 Å². The molecule has 0 bridgehead atoms. The molecule has 3 heteroatoms. The van der Waals surface area contributed by atoms with Crippen molar-refractivity contribution >= 4 is 17.6 Å². The van der Waals surface area contributed by atoms with Gasteiger partial charge in [0.15, 0.2) is 0 Å². The fourth-order valence-electron chi connectivity index (χ4n) is 1.02. The van der Waals surface area contributed by atoms with Crippen LogP contribution in [0, 0.1) is 0 Å². The Hall–Kier alpha value is -0.0218. The summed E-state index contributed by atoms with van der Waals surface area (Å²) >= 11 is 0.434. The van der Waals surface area contributed by atoms with Crippen molar-refractivity contribution in [3.63, 3.8) is 0 Å². The Morgan fingerprint density at radius 3 is 1.53 bits per heavy atom. The van der Waals surface area contributed by atoms with Gasteiger partial charge in [-0.05, 0) is 0 Å². The molecule has 95 valence electrons. The predicted octanol–water partition coefficient (Wildman–Crippen LogP) is 4.18. The average Bonchev–Trinajstić information content (AvgIpc) is 2.26. The zero-order valence-corrected chi connectivity index (χ0v) is 15.4. The predicted molar refractivity (Wildman–Crippen MR) is 83.9 cm³/mol. The van der Waals surface area contributed by atoms with Crippen LogP contribution in [0.15, 0.2) is 47.9 Å². The van der Waals surface area contributed by atoms with Gasteiger partial charge in [0.1, 0.15) is 0 Å². The van der Waals surface area contributed by atoms with Crippen LogP contribution in [0.25, 0.3) is 0 Å². The van der Waals surface area contributed by atoms with Gasteiger partial charge in [0.25, 0.3) is 0 Å². The molecular formula is C14H26Si2V. The van der Waals surface area contributed by atoms with Crippen LogP contribution >= 0.6 is 0 Å². The van der Waals surface area contributed by atoms with Crippen molar-refractivity contribution < 1.29 is 16.3 Å². The Labute approximate surface area is 118 Å². The Morgan fingerprint density at radius 2 is 1.24 bits per heavy atom. The monoisotopic (exact) mass is 301 g/mol. The summed E-state index contributed by atoms with van der Waals surface area (Å²) in [4.78, 5) is 0. The van der Waals surface area contributed by atoms with Crippen LogP contribution in [0.3, 0.4) is 0 Å². The molecule has 0 atom stereocenters. The van der Waals surface area contributed by atoms with Crippen molar-refractivity contribution in [3.8, 4) is 0 Å². The van der Waals surface area contributed by atoms with Crippen molar-refractivity contribution in [2.75, 3.05) is 0 Å². The normalized spacial score (nSPS) is 11.9. The van der Waals surface area contributed by atoms with Gasteiger partial charge in [0.2, 0.25) is 0 Å². The molecule has 0 N–H and O–H groups in total. The van der Waals surface area contributed by atoms with Gasteiger partial charge in [0, 0.05) is 0 Å². The Bertz CT molecular complexity index is 271. The van der Waals surface area contributed by atoms with E-state index in [1.807, 2.05) is 0 Å². The summed E-state index contributed by atoms with van der Waals surface area (Å²) in [6, 6.07) is 0. The number of hydrogen-bond donors (Lipinski definition) is 0. The van der Waals surface area contributed by atoms with E-state index in [9.17, 15) is 0 Å². The topological polar surface area (TPSA) is 0 Å². The van der Waals surface area contributed by atoms with E-state index in [2.05, 4.69) is 63.6 Å². The molecule has 0 rings (SSSR count). The van der Waals surface area contributed by atoms with E-state index < -0.39 is 17.6 Å². The van der Waals surface area contributed by atoms with Crippen LogP contribution in [0.5, 0.6) is 0 Å². The molecule has 0 aromatic carbocycles. The van der Waals surface area contributed by atoms with Crippen LogP contribution in [0.4, 0.5) is 0 Å². The van der Waals surface area contributed by atoms with Gasteiger partial charge in [-0.2, -0.15) is 0 Å². The van der Waals surface area contributed by atoms with Crippen molar-refractivity contribution in [3.05, 3.63) is 47.9 Å². The van der Waals surface area contributed by atoms with E-state index in [0.29, 0.717) is 16.3 Å². The molecule has 0 spiro atoms. The molecule has 0 amide bonds. The van der Waals surface area contributed by atoms with Crippen molar-refractivity contribution in [1.29, 1.82) is 0 Å². The SMILES string of the molecule is C=C(C=C[CH2][V][CH2]C=CC(=C)[SiH](C)C)[SiH](C)C. The standard InChI is InChI=1S/2C7H13Si.V/c2*1-5-6-7(2)8(3)4;/h2*5-6,8H,1-2H2,3-4H3;. The minimum atomic E-state index is -0.646. The van der Waals surface area contributed by atoms with Gasteiger partial charge < -0.3 is 0 Å². The fourth-order valence-corrected chi connectivity index (χ4v) is 3.09. The molecule has 0 saturated carbocycles. The molecule has 0 aliphatic rings. The van der Waals surface area contributed by atoms with Gasteiger partial charge in [-0.1, -0.05) is 0 Å². The Balaban J connectivity index is 3.66. The summed E-state index contributed by atoms with van der Waals surface area (Å²) in [6.07, 6.45) is 9.12. The second kappa shape index (κ2) is 9.95. The van der Waals surface area contributed by atoms with E-state index in [0.717, 1.165) is 0 Å². The van der Waals surface area contributed by atoms with Crippen molar-refractivity contribution in [2.45, 2.75) is 36.5 Å². The van der Waals surface area contributed by atoms with Crippen molar-refractivity contribution in [1.82, 2.24) is 0 Å². The molecular weight excluding hydrogens is 275 g/mol. The molecule has 0 fully saturated rings. The van der Waals surface area contributed by atoms with Gasteiger partial charge >= 0.3 is 118 Å². The van der Waals surface area contributed by atoms with Crippen LogP contribution in [-0.4, -0.2) is 17.6 Å². The number of allylic oxidation sites excluding steroid dienone is 6. The molecule has 0 nitrogen and oxygen atoms in total. The van der Waals surface area contributed by atoms with Gasteiger partial charge in [0.05, 0.1) is 0 Å². The summed E-state index contributed by atoms with van der Waals surface area (Å²) in [7, 11) is -1.29. The first kappa shape index (κ1) is 17.0. The van der Waals surface area contributed by atoms with Gasteiger partial charge in [-0.3, -0.25) is 0 Å². The number of rotatable bonds is 8. The van der Waals surface area contributed by atoms with Gasteiger partial charge in [-0.25, -0.2) is 0 Å². The van der Waals surface area contributed by atoms with E-state index in [4.69, 9.17) is 0 Å². The molecule has 0 unspecified atom stereocenters. The maximum absolute atomic E-state index is 4.10. The van der Waals surface area contributed by atoms with Crippen LogP contribution in [0.1, 0.15) is 0 Å². The zero-order valence-electron chi connectivity index (χ0n) is 11.7. The second-order valence-electron chi connectivity index (χ2n) is 4.85. The molecule has 0 heterocycles. The van der Waals surface area contributed by atoms with E-state index in [1.165, 1.54) is 20.7 Å². The average molecular weight is 301 g/mol. The first-order chi connectivity index (χ1) is 7.95. The Kier molecular flexibility index (Phi) is 9.94. The van der Waals surface area contributed by atoms with Crippen LogP contribution in [0.2, 0.25) is 36.5 Å². The third kappa shape index (κ3) is 9.66. The van der Waals surface area contributed by atoms with E-state index in [-0.39, 0.29) is 0 Å². The molecule has 0 radical (unpaired) electrons. The summed E-state index contributed by atoms with van der Waals surface area (Å²) in [5.74, 6) is 0. The second-order valence-corrected chi connectivity index (χ2v) is 12.8. The minimum absolute atomic E-state index is 0.434. The molecule has 17 heavy (non-hydrogen) atoms. The molecule has 0 saturated heterocycles. The molecule has 0 aliphatic heterocycles. The maximum atomic E-state index is 4.10. The fraction of sp³-hybridized carbons (Fsp3) is 0.429. The quantitative estimate of drug-likeness (QED) is 0.358. The summed E-state index contributed by atoms with van der Waals surface area (Å²) in [5.41, 5.74) is 0. The Morgan fingerprint density at radius 1 is 0.882 bits per heavy atom. The third-order valence-corrected chi connectivity index (χ3v) is 7.43. The van der Waals surface area contributed by atoms with E-state index in [1.54, 1.807) is 0 Å². The summed E-state index contributed by atoms with van der Waals surface area (Å²) < 4.78 is 0. The molecule has 0 aliphatic carbocycles. The first-order valence-electron chi connectivity index (χ1n) is 6.29. The molecule has 0 aromatic heterocycles. The first-order valence-corrected chi connectivity index (χ1v) is 14.0. The summed E-state index contributed by atoms with van der Waals surface area (Å²) in [6.45, 7) is 17.5. The third-order valence-electron chi connectivity index (χ3n) is 2.62. The van der Waals surface area contributed by atoms with Crippen molar-refractivity contribution in [2.24, 2.45) is 0 Å². The summed E-state index contributed by atoms with van der Waals surface area (Å²) in [5, 5.41) is 5.26. The van der Waals surface area contributed by atoms with Crippen LogP contribution < -0.4 is 0 Å². The van der Waals surface area contributed by atoms with Gasteiger partial charge in [-0.15, -0.1) is 0 Å². The van der Waals surface area contributed by atoms with E-state index >= 15 is 0 Å². The zero-order chi connectivity index (χ0) is 13.3. The molecule has 0 aromatic rings. The number of hydrogen-bond acceptors (Lipinski definition) is 0.